The molecule has 17 heavy (non-hydrogen) atoms. The molecular weight excluding hydrogens is 216 g/mol. The summed E-state index contributed by atoms with van der Waals surface area (Å²) in [5.74, 6) is 1.21. The van der Waals surface area contributed by atoms with Crippen molar-refractivity contribution in [3.05, 3.63) is 0 Å². The molecule has 0 heterocycles. The molecule has 1 rings (SSSR count). The van der Waals surface area contributed by atoms with E-state index in [0.29, 0.717) is 24.9 Å². The fourth-order valence-electron chi connectivity index (χ4n) is 2.50. The van der Waals surface area contributed by atoms with Crippen LogP contribution in [0.3, 0.4) is 0 Å². The lowest BCUT2D eigenvalue weighted by Crippen LogP contribution is -2.34. The standard InChI is InChI=1S/C13H26N2O2/c1-15(2)13(17)7-8-14-9-11-5-3-4-6-12(11)10-16/h11-12,14,16H,3-10H2,1-2H3. The molecule has 100 valence electrons. The van der Waals surface area contributed by atoms with Gasteiger partial charge < -0.3 is 15.3 Å². The van der Waals surface area contributed by atoms with Crippen LogP contribution in [0.15, 0.2) is 0 Å². The Morgan fingerprint density at radius 1 is 1.29 bits per heavy atom. The summed E-state index contributed by atoms with van der Waals surface area (Å²) < 4.78 is 0. The van der Waals surface area contributed by atoms with E-state index in [1.807, 2.05) is 0 Å². The van der Waals surface area contributed by atoms with Gasteiger partial charge >= 0.3 is 0 Å². The number of aliphatic hydroxyl groups excluding tert-OH is 1. The maximum absolute atomic E-state index is 11.4. The van der Waals surface area contributed by atoms with Crippen LogP contribution in [-0.4, -0.2) is 49.7 Å². The molecule has 2 atom stereocenters. The molecule has 1 amide bonds. The number of nitrogens with one attached hydrogen (secondary N) is 1. The molecule has 4 heteroatoms. The lowest BCUT2D eigenvalue weighted by molar-refractivity contribution is -0.128. The van der Waals surface area contributed by atoms with Crippen LogP contribution in [0.2, 0.25) is 0 Å². The lowest BCUT2D eigenvalue weighted by Gasteiger charge is -2.30. The number of hydrogen-bond acceptors (Lipinski definition) is 3. The molecule has 1 aliphatic carbocycles. The third-order valence-electron chi connectivity index (χ3n) is 3.72. The van der Waals surface area contributed by atoms with E-state index in [-0.39, 0.29) is 5.91 Å². The second-order valence-corrected chi connectivity index (χ2v) is 5.23. The molecule has 0 aromatic carbocycles. The van der Waals surface area contributed by atoms with Gasteiger partial charge in [0, 0.05) is 33.7 Å². The minimum atomic E-state index is 0.167. The first-order chi connectivity index (χ1) is 8.15. The molecule has 0 bridgehead atoms. The zero-order chi connectivity index (χ0) is 12.7. The van der Waals surface area contributed by atoms with Crippen LogP contribution in [0, 0.1) is 11.8 Å². The van der Waals surface area contributed by atoms with Crippen molar-refractivity contribution >= 4 is 5.91 Å². The number of aliphatic hydroxyl groups is 1. The van der Waals surface area contributed by atoms with Gasteiger partial charge in [-0.1, -0.05) is 12.8 Å². The molecular formula is C13H26N2O2. The first-order valence-electron chi connectivity index (χ1n) is 6.67. The third kappa shape index (κ3) is 5.04. The quantitative estimate of drug-likeness (QED) is 0.679. The van der Waals surface area contributed by atoms with Gasteiger partial charge in [0.15, 0.2) is 0 Å². The van der Waals surface area contributed by atoms with E-state index >= 15 is 0 Å². The van der Waals surface area contributed by atoms with E-state index in [1.165, 1.54) is 19.3 Å². The molecule has 1 aliphatic rings. The van der Waals surface area contributed by atoms with E-state index in [9.17, 15) is 9.90 Å². The monoisotopic (exact) mass is 242 g/mol. The van der Waals surface area contributed by atoms with Gasteiger partial charge in [0.25, 0.3) is 0 Å². The summed E-state index contributed by atoms with van der Waals surface area (Å²) >= 11 is 0. The maximum Gasteiger partial charge on any atom is 0.223 e. The zero-order valence-corrected chi connectivity index (χ0v) is 11.1. The predicted molar refractivity (Wildman–Crippen MR) is 68.7 cm³/mol. The highest BCUT2D eigenvalue weighted by molar-refractivity contribution is 5.75. The average Bonchev–Trinajstić information content (AvgIpc) is 2.34. The summed E-state index contributed by atoms with van der Waals surface area (Å²) in [6, 6.07) is 0. The Hall–Kier alpha value is -0.610. The van der Waals surface area contributed by atoms with E-state index < -0.39 is 0 Å². The highest BCUT2D eigenvalue weighted by Gasteiger charge is 2.23. The van der Waals surface area contributed by atoms with Crippen LogP contribution in [0.5, 0.6) is 0 Å². The number of carbonyl (C=O) groups is 1. The smallest absolute Gasteiger partial charge is 0.223 e. The SMILES string of the molecule is CN(C)C(=O)CCNCC1CCCCC1CO. The highest BCUT2D eigenvalue weighted by Crippen LogP contribution is 2.28. The second-order valence-electron chi connectivity index (χ2n) is 5.23. The maximum atomic E-state index is 11.4. The highest BCUT2D eigenvalue weighted by atomic mass is 16.3. The molecule has 1 fully saturated rings. The third-order valence-corrected chi connectivity index (χ3v) is 3.72. The van der Waals surface area contributed by atoms with Gasteiger partial charge in [0.05, 0.1) is 0 Å². The summed E-state index contributed by atoms with van der Waals surface area (Å²) in [6.45, 7) is 1.99. The summed E-state index contributed by atoms with van der Waals surface area (Å²) in [5, 5.41) is 12.6. The molecule has 0 radical (unpaired) electrons. The summed E-state index contributed by atoms with van der Waals surface area (Å²) in [6.07, 6.45) is 5.45. The van der Waals surface area contributed by atoms with Gasteiger partial charge in [-0.25, -0.2) is 0 Å². The van der Waals surface area contributed by atoms with Crippen molar-refractivity contribution in [2.75, 3.05) is 33.8 Å². The summed E-state index contributed by atoms with van der Waals surface area (Å²) in [7, 11) is 3.57. The van der Waals surface area contributed by atoms with E-state index in [4.69, 9.17) is 0 Å². The van der Waals surface area contributed by atoms with E-state index in [2.05, 4.69) is 5.32 Å². The number of hydrogen-bond donors (Lipinski definition) is 2. The van der Waals surface area contributed by atoms with Crippen molar-refractivity contribution in [3.8, 4) is 0 Å². The van der Waals surface area contributed by atoms with Crippen molar-refractivity contribution < 1.29 is 9.90 Å². The second kappa shape index (κ2) is 7.67. The molecule has 4 nitrogen and oxygen atoms in total. The minimum Gasteiger partial charge on any atom is -0.396 e. The fourth-order valence-corrected chi connectivity index (χ4v) is 2.50. The Bertz CT molecular complexity index is 231. The van der Waals surface area contributed by atoms with E-state index in [0.717, 1.165) is 19.5 Å². The number of amides is 1. The van der Waals surface area contributed by atoms with Crippen LogP contribution < -0.4 is 5.32 Å². The predicted octanol–water partition coefficient (Wildman–Crippen LogP) is 0.853. The molecule has 2 unspecified atom stereocenters. The molecule has 0 spiro atoms. The van der Waals surface area contributed by atoms with Crippen LogP contribution in [0.25, 0.3) is 0 Å². The molecule has 0 aromatic rings. The van der Waals surface area contributed by atoms with Gasteiger partial charge in [-0.05, 0) is 31.2 Å². The summed E-state index contributed by atoms with van der Waals surface area (Å²) in [5.41, 5.74) is 0. The molecule has 2 N–H and O–H groups in total. The molecule has 0 aromatic heterocycles. The normalized spacial score (nSPS) is 24.6. The van der Waals surface area contributed by atoms with Crippen molar-refractivity contribution in [2.45, 2.75) is 32.1 Å². The lowest BCUT2D eigenvalue weighted by atomic mass is 9.79. The van der Waals surface area contributed by atoms with E-state index in [1.54, 1.807) is 19.0 Å². The zero-order valence-electron chi connectivity index (χ0n) is 11.1. The van der Waals surface area contributed by atoms with Gasteiger partial charge in [-0.2, -0.15) is 0 Å². The van der Waals surface area contributed by atoms with Crippen LogP contribution in [0.1, 0.15) is 32.1 Å². The summed E-state index contributed by atoms with van der Waals surface area (Å²) in [4.78, 5) is 13.0. The molecule has 0 saturated heterocycles. The number of carbonyl (C=O) groups excluding carboxylic acids is 1. The van der Waals surface area contributed by atoms with Crippen molar-refractivity contribution in [1.29, 1.82) is 0 Å². The van der Waals surface area contributed by atoms with Gasteiger partial charge in [-0.3, -0.25) is 4.79 Å². The first-order valence-corrected chi connectivity index (χ1v) is 6.67. The molecule has 1 saturated carbocycles. The minimum absolute atomic E-state index is 0.167. The molecule has 0 aliphatic heterocycles. The Balaban J connectivity index is 2.14. The average molecular weight is 242 g/mol. The van der Waals surface area contributed by atoms with Gasteiger partial charge in [-0.15, -0.1) is 0 Å². The van der Waals surface area contributed by atoms with Crippen LogP contribution in [0.4, 0.5) is 0 Å². The Labute approximate surface area is 104 Å². The Kier molecular flexibility index (Phi) is 6.52. The Morgan fingerprint density at radius 2 is 1.94 bits per heavy atom. The van der Waals surface area contributed by atoms with Crippen molar-refractivity contribution in [2.24, 2.45) is 11.8 Å². The fraction of sp³-hybridized carbons (Fsp3) is 0.923. The van der Waals surface area contributed by atoms with Crippen molar-refractivity contribution in [1.82, 2.24) is 10.2 Å². The largest absolute Gasteiger partial charge is 0.396 e. The number of rotatable bonds is 6. The number of nitrogens with zero attached hydrogens (tertiary/aromatic N) is 1. The van der Waals surface area contributed by atoms with Crippen LogP contribution >= 0.6 is 0 Å². The topological polar surface area (TPSA) is 52.6 Å². The van der Waals surface area contributed by atoms with Gasteiger partial charge in [0.1, 0.15) is 0 Å². The van der Waals surface area contributed by atoms with Crippen molar-refractivity contribution in [3.63, 3.8) is 0 Å². The van der Waals surface area contributed by atoms with Crippen LogP contribution in [-0.2, 0) is 4.79 Å². The first kappa shape index (κ1) is 14.5. The Morgan fingerprint density at radius 3 is 2.53 bits per heavy atom. The van der Waals surface area contributed by atoms with Gasteiger partial charge in [0.2, 0.25) is 5.91 Å².